The van der Waals surface area contributed by atoms with Crippen molar-refractivity contribution in [2.45, 2.75) is 69.9 Å². The summed E-state index contributed by atoms with van der Waals surface area (Å²) in [6, 6.07) is 9.52. The predicted molar refractivity (Wildman–Crippen MR) is 150 cm³/mol. The lowest BCUT2D eigenvalue weighted by Gasteiger charge is -2.42. The van der Waals surface area contributed by atoms with Gasteiger partial charge in [-0.25, -0.2) is 22.4 Å². The van der Waals surface area contributed by atoms with E-state index in [4.69, 9.17) is 4.74 Å². The number of carbonyl (C=O) groups excluding carboxylic acids is 1. The van der Waals surface area contributed by atoms with Gasteiger partial charge in [0.25, 0.3) is 5.92 Å². The molecule has 0 unspecified atom stereocenters. The molecule has 0 aromatic heterocycles. The molecule has 1 aliphatic carbocycles. The Balaban J connectivity index is 1.62. The lowest BCUT2D eigenvalue weighted by molar-refractivity contribution is -0.0867. The summed E-state index contributed by atoms with van der Waals surface area (Å²) in [7, 11) is -2.49. The zero-order valence-corrected chi connectivity index (χ0v) is 23.6. The van der Waals surface area contributed by atoms with E-state index in [1.807, 2.05) is 30.3 Å². The molecule has 2 aromatic carbocycles. The fraction of sp³-hybridized carbons (Fsp3) is 0.467. The number of ether oxygens (including phenoxy) is 1. The van der Waals surface area contributed by atoms with Gasteiger partial charge in [-0.15, -0.1) is 0 Å². The van der Waals surface area contributed by atoms with Gasteiger partial charge in [0.1, 0.15) is 8.07 Å². The van der Waals surface area contributed by atoms with Crippen LogP contribution >= 0.6 is 0 Å². The SMILES string of the molecule is C=Cc1cc(N2CC(F)(F)C2)cc2c1/C(=N/C(=O)OCCCCC)c1ccc(C3CC(F)(F)C3)cc1[Si]2(C)C. The first-order valence-electron chi connectivity index (χ1n) is 13.6. The Labute approximate surface area is 227 Å². The Morgan fingerprint density at radius 2 is 1.82 bits per heavy atom. The van der Waals surface area contributed by atoms with Gasteiger partial charge in [-0.2, -0.15) is 4.99 Å². The highest BCUT2D eigenvalue weighted by molar-refractivity contribution is 7.02. The first-order chi connectivity index (χ1) is 18.3. The van der Waals surface area contributed by atoms with Crippen LogP contribution in [0.4, 0.5) is 28.0 Å². The van der Waals surface area contributed by atoms with E-state index < -0.39 is 26.0 Å². The number of benzene rings is 2. The molecular weight excluding hydrogens is 524 g/mol. The predicted octanol–water partition coefficient (Wildman–Crippen LogP) is 6.60. The molecule has 0 radical (unpaired) electrons. The number of halogens is 4. The van der Waals surface area contributed by atoms with Crippen LogP contribution in [0.3, 0.4) is 0 Å². The van der Waals surface area contributed by atoms with Crippen molar-refractivity contribution in [3.8, 4) is 0 Å². The van der Waals surface area contributed by atoms with Crippen molar-refractivity contribution in [3.05, 3.63) is 59.2 Å². The van der Waals surface area contributed by atoms with E-state index >= 15 is 0 Å². The van der Waals surface area contributed by atoms with Crippen molar-refractivity contribution < 1.29 is 27.1 Å². The zero-order valence-electron chi connectivity index (χ0n) is 22.6. The van der Waals surface area contributed by atoms with Gasteiger partial charge in [-0.1, -0.05) is 63.7 Å². The topological polar surface area (TPSA) is 41.9 Å². The first-order valence-corrected chi connectivity index (χ1v) is 16.6. The number of hydrogen-bond donors (Lipinski definition) is 0. The lowest BCUT2D eigenvalue weighted by Crippen LogP contribution is -2.61. The van der Waals surface area contributed by atoms with E-state index in [9.17, 15) is 22.4 Å². The van der Waals surface area contributed by atoms with E-state index in [0.717, 1.165) is 46.3 Å². The fourth-order valence-electron chi connectivity index (χ4n) is 5.91. The third-order valence-electron chi connectivity index (χ3n) is 8.20. The van der Waals surface area contributed by atoms with Crippen LogP contribution in [0.5, 0.6) is 0 Å². The molecular formula is C30H34F4N2O2Si. The minimum atomic E-state index is -2.72. The number of unbranched alkanes of at least 4 members (excludes halogenated alkanes) is 2. The highest BCUT2D eigenvalue weighted by Crippen LogP contribution is 2.48. The van der Waals surface area contributed by atoms with Crippen LogP contribution in [0.25, 0.3) is 6.08 Å². The maximum atomic E-state index is 13.7. The third kappa shape index (κ3) is 5.17. The second-order valence-corrected chi connectivity index (χ2v) is 15.9. The molecule has 2 aromatic rings. The van der Waals surface area contributed by atoms with Crippen LogP contribution < -0.4 is 15.3 Å². The maximum absolute atomic E-state index is 13.7. The average molecular weight is 559 g/mol. The summed E-state index contributed by atoms with van der Waals surface area (Å²) in [6.07, 6.45) is 3.31. The van der Waals surface area contributed by atoms with E-state index in [-0.39, 0.29) is 38.5 Å². The molecule has 2 fully saturated rings. The van der Waals surface area contributed by atoms with Crippen LogP contribution in [-0.4, -0.2) is 51.4 Å². The Kier molecular flexibility index (Phi) is 7.02. The lowest BCUT2D eigenvalue weighted by atomic mass is 9.76. The summed E-state index contributed by atoms with van der Waals surface area (Å²) < 4.78 is 60.3. The molecule has 0 bridgehead atoms. The van der Waals surface area contributed by atoms with Crippen LogP contribution in [0.2, 0.25) is 13.1 Å². The largest absolute Gasteiger partial charge is 0.448 e. The molecule has 2 heterocycles. The smallest absolute Gasteiger partial charge is 0.434 e. The van der Waals surface area contributed by atoms with Gasteiger partial charge >= 0.3 is 6.09 Å². The standard InChI is InChI=1S/C30H34F4N2O2Si/c1-5-7-8-11-38-28(37)35-27-23-10-9-20(21-15-29(31,32)16-21)13-24(23)39(3,4)25-14-22(12-19(6-2)26(25)27)36-17-30(33,34)18-36/h6,9-10,12-14,21H,2,5,7-8,11,15-18H2,1,3-4H3/b35-27+. The van der Waals surface area contributed by atoms with Crippen LogP contribution in [-0.2, 0) is 4.74 Å². The monoisotopic (exact) mass is 558 g/mol. The quantitative estimate of drug-likeness (QED) is 0.219. The fourth-order valence-corrected chi connectivity index (χ4v) is 9.00. The second kappa shape index (κ2) is 9.91. The molecule has 5 rings (SSSR count). The van der Waals surface area contributed by atoms with Crippen molar-refractivity contribution in [1.29, 1.82) is 0 Å². The van der Waals surface area contributed by atoms with Crippen molar-refractivity contribution in [2.75, 3.05) is 24.6 Å². The van der Waals surface area contributed by atoms with E-state index in [1.165, 1.54) is 0 Å². The van der Waals surface area contributed by atoms with Crippen molar-refractivity contribution in [2.24, 2.45) is 4.99 Å². The summed E-state index contributed by atoms with van der Waals surface area (Å²) >= 11 is 0. The normalized spacial score (nSPS) is 21.4. The summed E-state index contributed by atoms with van der Waals surface area (Å²) in [6.45, 7) is 9.92. The molecule has 0 spiro atoms. The van der Waals surface area contributed by atoms with Crippen LogP contribution in [0.1, 0.15) is 67.2 Å². The number of amides is 1. The van der Waals surface area contributed by atoms with Gasteiger partial charge in [0.2, 0.25) is 5.92 Å². The number of hydrogen-bond acceptors (Lipinski definition) is 3. The Bertz CT molecular complexity index is 1340. The molecule has 208 valence electrons. The highest BCUT2D eigenvalue weighted by Gasteiger charge is 2.48. The Morgan fingerprint density at radius 1 is 1.10 bits per heavy atom. The minimum absolute atomic E-state index is 0.177. The number of alkyl halides is 4. The van der Waals surface area contributed by atoms with Gasteiger partial charge in [0.15, 0.2) is 0 Å². The third-order valence-corrected chi connectivity index (χ3v) is 11.7. The number of anilines is 1. The number of aliphatic imine (C=N–C) groups is 1. The number of fused-ring (bicyclic) bond motifs is 2. The van der Waals surface area contributed by atoms with Gasteiger partial charge in [0.05, 0.1) is 25.4 Å². The van der Waals surface area contributed by atoms with E-state index in [1.54, 1.807) is 11.0 Å². The highest BCUT2D eigenvalue weighted by atomic mass is 28.3. The van der Waals surface area contributed by atoms with Gasteiger partial charge < -0.3 is 9.64 Å². The Hall–Kier alpha value is -2.94. The van der Waals surface area contributed by atoms with Crippen LogP contribution in [0, 0.1) is 0 Å². The molecule has 9 heteroatoms. The summed E-state index contributed by atoms with van der Waals surface area (Å²) in [5, 5.41) is 1.94. The van der Waals surface area contributed by atoms with E-state index in [2.05, 4.69) is 31.6 Å². The minimum Gasteiger partial charge on any atom is -0.448 e. The summed E-state index contributed by atoms with van der Waals surface area (Å²) in [4.78, 5) is 18.9. The number of nitrogens with zero attached hydrogens (tertiary/aromatic N) is 2. The van der Waals surface area contributed by atoms with Gasteiger partial charge in [-0.05, 0) is 46.0 Å². The molecule has 3 aliphatic rings. The van der Waals surface area contributed by atoms with Gasteiger partial charge in [0, 0.05) is 29.7 Å². The second-order valence-electron chi connectivity index (χ2n) is 11.5. The van der Waals surface area contributed by atoms with Gasteiger partial charge in [-0.3, -0.25) is 0 Å². The molecule has 1 saturated carbocycles. The molecule has 0 atom stereocenters. The Morgan fingerprint density at radius 3 is 2.44 bits per heavy atom. The molecule has 1 amide bonds. The van der Waals surface area contributed by atoms with Crippen molar-refractivity contribution in [1.82, 2.24) is 0 Å². The number of rotatable bonds is 7. The summed E-state index contributed by atoms with van der Waals surface area (Å²) in [5.41, 5.74) is 4.24. The average Bonchev–Trinajstić information content (AvgIpc) is 2.85. The molecule has 39 heavy (non-hydrogen) atoms. The summed E-state index contributed by atoms with van der Waals surface area (Å²) in [5.74, 6) is -5.59. The molecule has 4 nitrogen and oxygen atoms in total. The molecule has 1 saturated heterocycles. The van der Waals surface area contributed by atoms with Crippen molar-refractivity contribution in [3.63, 3.8) is 0 Å². The van der Waals surface area contributed by atoms with Crippen molar-refractivity contribution >= 4 is 42.0 Å². The molecule has 0 N–H and O–H groups in total. The zero-order chi connectivity index (χ0) is 28.2. The van der Waals surface area contributed by atoms with Crippen LogP contribution in [0.15, 0.2) is 41.9 Å². The molecule has 2 aliphatic heterocycles. The van der Waals surface area contributed by atoms with E-state index in [0.29, 0.717) is 17.0 Å². The maximum Gasteiger partial charge on any atom is 0.434 e. The number of carbonyl (C=O) groups is 1. The first kappa shape index (κ1) is 27.6.